The number of rotatable bonds is 2. The maximum atomic E-state index is 10.9. The van der Waals surface area contributed by atoms with Crippen molar-refractivity contribution in [2.75, 3.05) is 0 Å². The quantitative estimate of drug-likeness (QED) is 0.699. The van der Waals surface area contributed by atoms with Crippen molar-refractivity contribution in [3.63, 3.8) is 0 Å². The summed E-state index contributed by atoms with van der Waals surface area (Å²) in [5.41, 5.74) is 0. The molecule has 0 aromatic heterocycles. The number of carboxylic acids is 2. The lowest BCUT2D eigenvalue weighted by molar-refractivity contribution is -0.157. The molecule has 3 fully saturated rings. The zero-order chi connectivity index (χ0) is 10.3. The minimum absolute atomic E-state index is 0.130. The van der Waals surface area contributed by atoms with Gasteiger partial charge in [-0.15, -0.1) is 0 Å². The third-order valence-corrected chi connectivity index (χ3v) is 3.75. The molecule has 0 heterocycles. The summed E-state index contributed by atoms with van der Waals surface area (Å²) in [7, 11) is 0. The number of carboxylic acid groups (broad SMARTS) is 2. The highest BCUT2D eigenvalue weighted by Crippen LogP contribution is 2.48. The highest BCUT2D eigenvalue weighted by molar-refractivity contribution is 5.75. The second kappa shape index (κ2) is 3.26. The summed E-state index contributed by atoms with van der Waals surface area (Å²) in [4.78, 5) is 21.8. The smallest absolute Gasteiger partial charge is 0.306 e. The summed E-state index contributed by atoms with van der Waals surface area (Å²) >= 11 is 0. The Balaban J connectivity index is 2.19. The van der Waals surface area contributed by atoms with Crippen molar-refractivity contribution >= 4 is 11.9 Å². The largest absolute Gasteiger partial charge is 0.481 e. The van der Waals surface area contributed by atoms with Gasteiger partial charge in [-0.25, -0.2) is 0 Å². The fourth-order valence-corrected chi connectivity index (χ4v) is 3.08. The van der Waals surface area contributed by atoms with E-state index in [9.17, 15) is 9.59 Å². The molecule has 14 heavy (non-hydrogen) atoms. The SMILES string of the molecule is O=C(O)[C@H]1CC2CCC1[C@H](C(=O)O)C2. The van der Waals surface area contributed by atoms with Gasteiger partial charge >= 0.3 is 11.9 Å². The molecular formula is C10H14O4. The van der Waals surface area contributed by atoms with E-state index in [2.05, 4.69) is 0 Å². The summed E-state index contributed by atoms with van der Waals surface area (Å²) in [5, 5.41) is 17.9. The van der Waals surface area contributed by atoms with Crippen molar-refractivity contribution < 1.29 is 19.8 Å². The predicted octanol–water partition coefficient (Wildman–Crippen LogP) is 1.21. The molecule has 0 amide bonds. The van der Waals surface area contributed by atoms with E-state index >= 15 is 0 Å². The summed E-state index contributed by atoms with van der Waals surface area (Å²) in [6.07, 6.45) is 3.16. The van der Waals surface area contributed by atoms with E-state index in [0.29, 0.717) is 18.8 Å². The van der Waals surface area contributed by atoms with Crippen molar-refractivity contribution in [3.8, 4) is 0 Å². The van der Waals surface area contributed by atoms with Crippen LogP contribution in [0.3, 0.4) is 0 Å². The Hall–Kier alpha value is -1.06. The monoisotopic (exact) mass is 198 g/mol. The molecular weight excluding hydrogens is 184 g/mol. The Morgan fingerprint density at radius 1 is 0.929 bits per heavy atom. The molecule has 0 radical (unpaired) electrons. The normalized spacial score (nSPS) is 40.9. The molecule has 3 aliphatic rings. The molecule has 0 aromatic carbocycles. The minimum Gasteiger partial charge on any atom is -0.481 e. The molecule has 78 valence electrons. The van der Waals surface area contributed by atoms with Gasteiger partial charge in [-0.1, -0.05) is 6.42 Å². The Labute approximate surface area is 81.9 Å². The lowest BCUT2D eigenvalue weighted by Gasteiger charge is -2.44. The van der Waals surface area contributed by atoms with Crippen molar-refractivity contribution in [2.24, 2.45) is 23.7 Å². The van der Waals surface area contributed by atoms with E-state index in [-0.39, 0.29) is 5.92 Å². The van der Waals surface area contributed by atoms with Crippen LogP contribution in [0, 0.1) is 23.7 Å². The molecule has 3 saturated carbocycles. The molecule has 0 aliphatic heterocycles. The molecule has 0 saturated heterocycles. The second-order valence-corrected chi connectivity index (χ2v) is 4.47. The zero-order valence-corrected chi connectivity index (χ0v) is 7.85. The summed E-state index contributed by atoms with van der Waals surface area (Å²) in [6.45, 7) is 0. The fourth-order valence-electron chi connectivity index (χ4n) is 3.08. The standard InChI is InChI=1S/C10H14O4/c11-9(12)7-3-5-1-2-6(7)8(4-5)10(13)14/h5-8H,1-4H2,(H,11,12)(H,13,14)/t5?,6?,7-,8+. The van der Waals surface area contributed by atoms with E-state index in [1.807, 2.05) is 0 Å². The lowest BCUT2D eigenvalue weighted by atomic mass is 9.59. The highest BCUT2D eigenvalue weighted by Gasteiger charge is 2.47. The van der Waals surface area contributed by atoms with Crippen LogP contribution in [0.2, 0.25) is 0 Å². The van der Waals surface area contributed by atoms with E-state index in [0.717, 1.165) is 12.8 Å². The third kappa shape index (κ3) is 1.38. The van der Waals surface area contributed by atoms with Gasteiger partial charge in [0, 0.05) is 0 Å². The van der Waals surface area contributed by atoms with E-state index in [1.54, 1.807) is 0 Å². The van der Waals surface area contributed by atoms with Gasteiger partial charge in [0.05, 0.1) is 11.8 Å². The topological polar surface area (TPSA) is 74.6 Å². The molecule has 2 unspecified atom stereocenters. The Bertz CT molecular complexity index is 249. The highest BCUT2D eigenvalue weighted by atomic mass is 16.4. The molecule has 3 aliphatic carbocycles. The fraction of sp³-hybridized carbons (Fsp3) is 0.800. The first-order valence-corrected chi connectivity index (χ1v) is 5.05. The van der Waals surface area contributed by atoms with Crippen LogP contribution in [0.25, 0.3) is 0 Å². The van der Waals surface area contributed by atoms with Gasteiger partial charge < -0.3 is 10.2 Å². The van der Waals surface area contributed by atoms with Gasteiger partial charge in [-0.05, 0) is 31.1 Å². The van der Waals surface area contributed by atoms with Crippen molar-refractivity contribution in [3.05, 3.63) is 0 Å². The zero-order valence-electron chi connectivity index (χ0n) is 7.85. The van der Waals surface area contributed by atoms with Crippen molar-refractivity contribution in [1.82, 2.24) is 0 Å². The Morgan fingerprint density at radius 2 is 1.43 bits per heavy atom. The summed E-state index contributed by atoms with van der Waals surface area (Å²) in [6, 6.07) is 0. The summed E-state index contributed by atoms with van der Waals surface area (Å²) < 4.78 is 0. The minimum atomic E-state index is -0.814. The van der Waals surface area contributed by atoms with Gasteiger partial charge in [-0.3, -0.25) is 9.59 Å². The van der Waals surface area contributed by atoms with Crippen LogP contribution >= 0.6 is 0 Å². The van der Waals surface area contributed by atoms with Gasteiger partial charge in [0.25, 0.3) is 0 Å². The predicted molar refractivity (Wildman–Crippen MR) is 47.7 cm³/mol. The van der Waals surface area contributed by atoms with Crippen LogP contribution in [0.1, 0.15) is 25.7 Å². The van der Waals surface area contributed by atoms with Crippen LogP contribution in [-0.2, 0) is 9.59 Å². The first-order valence-electron chi connectivity index (χ1n) is 5.05. The number of fused-ring (bicyclic) bond motifs is 3. The third-order valence-electron chi connectivity index (χ3n) is 3.75. The molecule has 3 rings (SSSR count). The van der Waals surface area contributed by atoms with E-state index < -0.39 is 23.8 Å². The maximum absolute atomic E-state index is 10.9. The van der Waals surface area contributed by atoms with Crippen LogP contribution in [0.5, 0.6) is 0 Å². The number of aliphatic carboxylic acids is 2. The second-order valence-electron chi connectivity index (χ2n) is 4.47. The van der Waals surface area contributed by atoms with E-state index in [1.165, 1.54) is 0 Å². The number of carbonyl (C=O) groups is 2. The van der Waals surface area contributed by atoms with Crippen LogP contribution in [0.15, 0.2) is 0 Å². The van der Waals surface area contributed by atoms with Crippen molar-refractivity contribution in [2.45, 2.75) is 25.7 Å². The molecule has 2 N–H and O–H groups in total. The molecule has 4 nitrogen and oxygen atoms in total. The van der Waals surface area contributed by atoms with Crippen LogP contribution in [-0.4, -0.2) is 22.2 Å². The van der Waals surface area contributed by atoms with Crippen LogP contribution in [0.4, 0.5) is 0 Å². The average Bonchev–Trinajstić information content (AvgIpc) is 2.18. The molecule has 0 spiro atoms. The summed E-state index contributed by atoms with van der Waals surface area (Å²) in [5.74, 6) is -2.26. The first kappa shape index (κ1) is 9.49. The Kier molecular flexibility index (Phi) is 2.21. The van der Waals surface area contributed by atoms with Gasteiger partial charge in [-0.2, -0.15) is 0 Å². The van der Waals surface area contributed by atoms with E-state index in [4.69, 9.17) is 10.2 Å². The molecule has 4 heteroatoms. The van der Waals surface area contributed by atoms with Gasteiger partial charge in [0.1, 0.15) is 0 Å². The molecule has 0 aromatic rings. The number of hydrogen-bond acceptors (Lipinski definition) is 2. The molecule has 4 atom stereocenters. The average molecular weight is 198 g/mol. The van der Waals surface area contributed by atoms with Crippen molar-refractivity contribution in [1.29, 1.82) is 0 Å². The lowest BCUT2D eigenvalue weighted by Crippen LogP contribution is -2.44. The van der Waals surface area contributed by atoms with Crippen LogP contribution < -0.4 is 0 Å². The maximum Gasteiger partial charge on any atom is 0.306 e. The van der Waals surface area contributed by atoms with Gasteiger partial charge in [0.2, 0.25) is 0 Å². The first-order chi connectivity index (χ1) is 6.59. The molecule has 2 bridgehead atoms. The number of hydrogen-bond donors (Lipinski definition) is 2. The Morgan fingerprint density at radius 3 is 1.79 bits per heavy atom. The van der Waals surface area contributed by atoms with Gasteiger partial charge in [0.15, 0.2) is 0 Å².